The van der Waals surface area contributed by atoms with Gasteiger partial charge in [-0.1, -0.05) is 0 Å². The molecule has 0 bridgehead atoms. The second-order valence-corrected chi connectivity index (χ2v) is 2.98. The minimum atomic E-state index is -1.11. The van der Waals surface area contributed by atoms with Gasteiger partial charge in [0, 0.05) is 0 Å². The first-order valence-corrected chi connectivity index (χ1v) is 3.89. The van der Waals surface area contributed by atoms with Crippen molar-refractivity contribution in [3.05, 3.63) is 38.1 Å². The average Bonchev–Trinajstić information content (AvgIpc) is 2.04. The zero-order valence-electron chi connectivity index (χ0n) is 6.12. The number of hydrogen-bond acceptors (Lipinski definition) is 3. The topological polar surface area (TPSA) is 66.9 Å². The first-order chi connectivity index (χ1) is 6.07. The van der Waals surface area contributed by atoms with Gasteiger partial charge in [0.1, 0.15) is 6.07 Å². The minimum absolute atomic E-state index is 0.0222. The van der Waals surface area contributed by atoms with E-state index in [1.165, 1.54) is 18.2 Å². The van der Waals surface area contributed by atoms with Crippen LogP contribution in [0.5, 0.6) is 0 Å². The quantitative estimate of drug-likeness (QED) is 0.563. The van der Waals surface area contributed by atoms with Gasteiger partial charge >= 0.3 is 5.69 Å². The molecule has 0 atom stereocenters. The van der Waals surface area contributed by atoms with Gasteiger partial charge in [-0.05, 0) is 28.1 Å². The summed E-state index contributed by atoms with van der Waals surface area (Å²) in [5, 5.41) is 18.7. The van der Waals surface area contributed by atoms with E-state index >= 15 is 0 Å². The molecule has 0 heterocycles. The number of rotatable bonds is 1. The number of nitrogens with zero attached hydrogens (tertiary/aromatic N) is 2. The lowest BCUT2D eigenvalue weighted by Gasteiger charge is -1.97. The lowest BCUT2D eigenvalue weighted by Crippen LogP contribution is -1.96. The van der Waals surface area contributed by atoms with E-state index in [2.05, 4.69) is 15.9 Å². The molecule has 66 valence electrons. The zero-order chi connectivity index (χ0) is 10.0. The maximum Gasteiger partial charge on any atom is 0.320 e. The first-order valence-electron chi connectivity index (χ1n) is 3.10. The van der Waals surface area contributed by atoms with Crippen molar-refractivity contribution < 1.29 is 9.31 Å². The third kappa shape index (κ3) is 1.65. The molecule has 0 aliphatic heterocycles. The van der Waals surface area contributed by atoms with Gasteiger partial charge in [0.15, 0.2) is 0 Å². The summed E-state index contributed by atoms with van der Waals surface area (Å²) >= 11 is 2.82. The SMILES string of the molecule is N#Cc1ccc(Br)c([N+](=O)[O-])c1F. The van der Waals surface area contributed by atoms with Crippen LogP contribution in [0.4, 0.5) is 10.1 Å². The Hall–Kier alpha value is -1.48. The van der Waals surface area contributed by atoms with Gasteiger partial charge in [-0.25, -0.2) is 0 Å². The van der Waals surface area contributed by atoms with E-state index in [0.717, 1.165) is 0 Å². The summed E-state index contributed by atoms with van der Waals surface area (Å²) in [6.45, 7) is 0. The van der Waals surface area contributed by atoms with Gasteiger partial charge in [0.05, 0.1) is 15.0 Å². The molecule has 13 heavy (non-hydrogen) atoms. The maximum atomic E-state index is 13.1. The molecule has 0 radical (unpaired) electrons. The van der Waals surface area contributed by atoms with Gasteiger partial charge in [-0.3, -0.25) is 10.1 Å². The Kier molecular flexibility index (Phi) is 2.58. The standard InChI is InChI=1S/C7H2BrFN2O2/c8-5-2-1-4(3-10)6(9)7(5)11(12)13/h1-2H. The Morgan fingerprint density at radius 2 is 2.23 bits per heavy atom. The Morgan fingerprint density at radius 3 is 2.69 bits per heavy atom. The van der Waals surface area contributed by atoms with E-state index in [9.17, 15) is 14.5 Å². The van der Waals surface area contributed by atoms with Crippen LogP contribution in [-0.2, 0) is 0 Å². The van der Waals surface area contributed by atoms with Crippen LogP contribution in [0.25, 0.3) is 0 Å². The average molecular weight is 245 g/mol. The van der Waals surface area contributed by atoms with Crippen LogP contribution >= 0.6 is 15.9 Å². The Balaban J connectivity index is 3.50. The van der Waals surface area contributed by atoms with Gasteiger partial charge in [-0.15, -0.1) is 0 Å². The Bertz CT molecular complexity index is 414. The summed E-state index contributed by atoms with van der Waals surface area (Å²) in [6, 6.07) is 3.95. The summed E-state index contributed by atoms with van der Waals surface area (Å²) in [5.74, 6) is -1.11. The number of nitro groups is 1. The predicted octanol–water partition coefficient (Wildman–Crippen LogP) is 2.37. The Morgan fingerprint density at radius 1 is 1.62 bits per heavy atom. The molecular weight excluding hydrogens is 243 g/mol. The molecule has 0 saturated carbocycles. The highest BCUT2D eigenvalue weighted by Crippen LogP contribution is 2.29. The molecule has 4 nitrogen and oxygen atoms in total. The third-order valence-electron chi connectivity index (χ3n) is 1.37. The van der Waals surface area contributed by atoms with Crippen molar-refractivity contribution in [3.63, 3.8) is 0 Å². The lowest BCUT2D eigenvalue weighted by atomic mass is 10.2. The molecule has 0 N–H and O–H groups in total. The van der Waals surface area contributed by atoms with E-state index in [1.54, 1.807) is 0 Å². The van der Waals surface area contributed by atoms with Gasteiger partial charge < -0.3 is 0 Å². The fourth-order valence-electron chi connectivity index (χ4n) is 0.795. The molecule has 1 aromatic carbocycles. The van der Waals surface area contributed by atoms with Gasteiger partial charge in [0.2, 0.25) is 5.82 Å². The van der Waals surface area contributed by atoms with E-state index in [0.29, 0.717) is 0 Å². The highest BCUT2D eigenvalue weighted by Gasteiger charge is 2.21. The van der Waals surface area contributed by atoms with Crippen LogP contribution in [0, 0.1) is 27.3 Å². The van der Waals surface area contributed by atoms with Crippen molar-refractivity contribution in [3.8, 4) is 6.07 Å². The Labute approximate surface area is 80.9 Å². The van der Waals surface area contributed by atoms with Gasteiger partial charge in [0.25, 0.3) is 0 Å². The molecule has 6 heteroatoms. The van der Waals surface area contributed by atoms with Crippen molar-refractivity contribution in [2.24, 2.45) is 0 Å². The normalized spacial score (nSPS) is 9.31. The lowest BCUT2D eigenvalue weighted by molar-refractivity contribution is -0.388. The number of nitro benzene ring substituents is 1. The molecule has 0 aliphatic carbocycles. The minimum Gasteiger partial charge on any atom is -0.258 e. The predicted molar refractivity (Wildman–Crippen MR) is 45.5 cm³/mol. The van der Waals surface area contributed by atoms with E-state index < -0.39 is 16.4 Å². The molecule has 0 unspecified atom stereocenters. The fraction of sp³-hybridized carbons (Fsp3) is 0. The fourth-order valence-corrected chi connectivity index (χ4v) is 1.25. The van der Waals surface area contributed by atoms with Crippen LogP contribution in [0.2, 0.25) is 0 Å². The maximum absolute atomic E-state index is 13.1. The number of benzene rings is 1. The second-order valence-electron chi connectivity index (χ2n) is 2.13. The molecule has 0 aliphatic rings. The summed E-state index contributed by atoms with van der Waals surface area (Å²) in [7, 11) is 0. The van der Waals surface area contributed by atoms with E-state index in [-0.39, 0.29) is 10.0 Å². The molecule has 0 amide bonds. The summed E-state index contributed by atoms with van der Waals surface area (Å²) in [5.41, 5.74) is -1.05. The summed E-state index contributed by atoms with van der Waals surface area (Å²) < 4.78 is 13.1. The molecule has 1 rings (SSSR count). The van der Waals surface area contributed by atoms with Crippen LogP contribution in [0.15, 0.2) is 16.6 Å². The third-order valence-corrected chi connectivity index (χ3v) is 2.01. The zero-order valence-corrected chi connectivity index (χ0v) is 7.71. The molecule has 1 aromatic rings. The largest absolute Gasteiger partial charge is 0.320 e. The van der Waals surface area contributed by atoms with Crippen molar-refractivity contribution in [2.45, 2.75) is 0 Å². The molecule has 0 saturated heterocycles. The highest BCUT2D eigenvalue weighted by molar-refractivity contribution is 9.10. The molecule has 0 aromatic heterocycles. The summed E-state index contributed by atoms with van der Waals surface area (Å²) in [4.78, 5) is 9.46. The van der Waals surface area contributed by atoms with Gasteiger partial charge in [-0.2, -0.15) is 9.65 Å². The highest BCUT2D eigenvalue weighted by atomic mass is 79.9. The first kappa shape index (κ1) is 9.61. The van der Waals surface area contributed by atoms with E-state index in [4.69, 9.17) is 5.26 Å². The number of hydrogen-bond donors (Lipinski definition) is 0. The smallest absolute Gasteiger partial charge is 0.258 e. The van der Waals surface area contributed by atoms with Crippen LogP contribution in [0.1, 0.15) is 5.56 Å². The molecular formula is C7H2BrFN2O2. The van der Waals surface area contributed by atoms with E-state index in [1.807, 2.05) is 0 Å². The number of halogens is 2. The summed E-state index contributed by atoms with van der Waals surface area (Å²) in [6.07, 6.45) is 0. The van der Waals surface area contributed by atoms with Crippen LogP contribution in [-0.4, -0.2) is 4.92 Å². The van der Waals surface area contributed by atoms with Crippen molar-refractivity contribution in [1.82, 2.24) is 0 Å². The second kappa shape index (κ2) is 3.49. The van der Waals surface area contributed by atoms with Crippen LogP contribution in [0.3, 0.4) is 0 Å². The molecule has 0 fully saturated rings. The van der Waals surface area contributed by atoms with Crippen LogP contribution < -0.4 is 0 Å². The monoisotopic (exact) mass is 244 g/mol. The number of nitriles is 1. The van der Waals surface area contributed by atoms with Crippen molar-refractivity contribution in [1.29, 1.82) is 5.26 Å². The molecule has 0 spiro atoms. The van der Waals surface area contributed by atoms with Crippen molar-refractivity contribution in [2.75, 3.05) is 0 Å². The van der Waals surface area contributed by atoms with Crippen molar-refractivity contribution >= 4 is 21.6 Å².